The Morgan fingerprint density at radius 1 is 1.19 bits per heavy atom. The second kappa shape index (κ2) is 4.94. The third-order valence-corrected chi connectivity index (χ3v) is 2.28. The van der Waals surface area contributed by atoms with Crippen LogP contribution >= 0.6 is 0 Å². The van der Waals surface area contributed by atoms with Gasteiger partial charge in [0.15, 0.2) is 0 Å². The molecule has 0 bridgehead atoms. The van der Waals surface area contributed by atoms with E-state index in [2.05, 4.69) is 10.5 Å². The SMILES string of the molecule is FC(F)(F)C1=NNC(c2ccccc2)C1.[LiH]. The van der Waals surface area contributed by atoms with Crippen LogP contribution in [0.25, 0.3) is 0 Å². The fourth-order valence-corrected chi connectivity index (χ4v) is 1.50. The molecule has 2 rings (SSSR count). The first-order chi connectivity index (χ1) is 7.07. The average Bonchev–Trinajstić information content (AvgIpc) is 2.67. The number of nitrogens with one attached hydrogen (secondary N) is 1. The zero-order valence-corrected chi connectivity index (χ0v) is 7.75. The zero-order chi connectivity index (χ0) is 10.9. The van der Waals surface area contributed by atoms with Gasteiger partial charge in [0.05, 0.1) is 6.04 Å². The van der Waals surface area contributed by atoms with E-state index in [1.54, 1.807) is 24.3 Å². The van der Waals surface area contributed by atoms with Crippen molar-refractivity contribution < 1.29 is 13.2 Å². The zero-order valence-electron chi connectivity index (χ0n) is 7.75. The van der Waals surface area contributed by atoms with Gasteiger partial charge in [0.1, 0.15) is 5.71 Å². The van der Waals surface area contributed by atoms with Gasteiger partial charge in [-0.05, 0) is 5.56 Å². The number of benzene rings is 1. The summed E-state index contributed by atoms with van der Waals surface area (Å²) in [5, 5.41) is 3.31. The number of hydrazone groups is 1. The Balaban J connectivity index is 0.00000128. The quantitative estimate of drug-likeness (QED) is 0.722. The predicted molar refractivity (Wildman–Crippen MR) is 57.6 cm³/mol. The van der Waals surface area contributed by atoms with E-state index in [4.69, 9.17) is 0 Å². The maximum absolute atomic E-state index is 12.3. The van der Waals surface area contributed by atoms with E-state index in [-0.39, 0.29) is 31.3 Å². The molecule has 1 aliphatic heterocycles. The van der Waals surface area contributed by atoms with Crippen molar-refractivity contribution in [2.24, 2.45) is 5.10 Å². The van der Waals surface area contributed by atoms with Crippen LogP contribution < -0.4 is 5.43 Å². The molecule has 6 heteroatoms. The van der Waals surface area contributed by atoms with E-state index in [9.17, 15) is 13.2 Å². The van der Waals surface area contributed by atoms with Gasteiger partial charge < -0.3 is 5.43 Å². The van der Waals surface area contributed by atoms with Crippen LogP contribution in [0.15, 0.2) is 35.4 Å². The van der Waals surface area contributed by atoms with Crippen LogP contribution in [-0.2, 0) is 0 Å². The number of nitrogens with zero attached hydrogens (tertiary/aromatic N) is 1. The van der Waals surface area contributed by atoms with Gasteiger partial charge in [-0.15, -0.1) is 0 Å². The molecule has 2 nitrogen and oxygen atoms in total. The van der Waals surface area contributed by atoms with Gasteiger partial charge in [-0.3, -0.25) is 0 Å². The van der Waals surface area contributed by atoms with E-state index in [0.717, 1.165) is 5.56 Å². The third-order valence-electron chi connectivity index (χ3n) is 2.28. The molecule has 0 saturated carbocycles. The predicted octanol–water partition coefficient (Wildman–Crippen LogP) is 1.99. The molecular weight excluding hydrogens is 212 g/mol. The summed E-state index contributed by atoms with van der Waals surface area (Å²) in [6.07, 6.45) is -4.43. The number of halogens is 3. The molecule has 1 aromatic rings. The van der Waals surface area contributed by atoms with Crippen LogP contribution in [0, 0.1) is 0 Å². The minimum absolute atomic E-state index is 0. The van der Waals surface area contributed by atoms with Crippen molar-refractivity contribution in [3.63, 3.8) is 0 Å². The number of rotatable bonds is 1. The second-order valence-electron chi connectivity index (χ2n) is 3.35. The van der Waals surface area contributed by atoms with Crippen molar-refractivity contribution in [2.75, 3.05) is 0 Å². The average molecular weight is 222 g/mol. The topological polar surface area (TPSA) is 24.4 Å². The number of hydrogen-bond acceptors (Lipinski definition) is 2. The molecule has 1 heterocycles. The monoisotopic (exact) mass is 222 g/mol. The van der Waals surface area contributed by atoms with Crippen molar-refractivity contribution in [2.45, 2.75) is 18.6 Å². The number of alkyl halides is 3. The van der Waals surface area contributed by atoms with E-state index < -0.39 is 11.9 Å². The van der Waals surface area contributed by atoms with Crippen molar-refractivity contribution in [1.82, 2.24) is 5.43 Å². The molecule has 1 unspecified atom stereocenters. The van der Waals surface area contributed by atoms with Crippen LogP contribution in [0.3, 0.4) is 0 Å². The van der Waals surface area contributed by atoms with Gasteiger partial charge in [0, 0.05) is 6.42 Å². The molecule has 0 saturated heterocycles. The van der Waals surface area contributed by atoms with E-state index in [0.29, 0.717) is 0 Å². The molecule has 1 atom stereocenters. The molecule has 0 spiro atoms. The summed E-state index contributed by atoms with van der Waals surface area (Å²) in [5.74, 6) is 0. The Bertz CT molecular complexity index is 375. The molecule has 1 aromatic carbocycles. The first-order valence-corrected chi connectivity index (χ1v) is 4.51. The van der Waals surface area contributed by atoms with Crippen molar-refractivity contribution >= 4 is 24.6 Å². The molecule has 1 N–H and O–H groups in total. The fraction of sp³-hybridized carbons (Fsp3) is 0.300. The summed E-state index contributed by atoms with van der Waals surface area (Å²) in [6.45, 7) is 0. The Hall–Kier alpha value is -0.923. The Labute approximate surface area is 103 Å². The summed E-state index contributed by atoms with van der Waals surface area (Å²) in [6, 6.07) is 8.62. The van der Waals surface area contributed by atoms with E-state index >= 15 is 0 Å². The van der Waals surface area contributed by atoms with Gasteiger partial charge in [-0.2, -0.15) is 18.3 Å². The van der Waals surface area contributed by atoms with Crippen LogP contribution in [0.4, 0.5) is 13.2 Å². The first-order valence-electron chi connectivity index (χ1n) is 4.51. The minimum atomic E-state index is -4.32. The van der Waals surface area contributed by atoms with Gasteiger partial charge in [-0.25, -0.2) is 0 Å². The summed E-state index contributed by atoms with van der Waals surface area (Å²) in [7, 11) is 0. The maximum atomic E-state index is 12.3. The fourth-order valence-electron chi connectivity index (χ4n) is 1.50. The molecule has 1 aliphatic rings. The molecule has 0 aromatic heterocycles. The van der Waals surface area contributed by atoms with Crippen molar-refractivity contribution in [3.05, 3.63) is 35.9 Å². The summed E-state index contributed by atoms with van der Waals surface area (Å²) in [5.41, 5.74) is 2.58. The number of hydrogen-bond donors (Lipinski definition) is 1. The molecule has 82 valence electrons. The van der Waals surface area contributed by atoms with Crippen LogP contribution in [-0.4, -0.2) is 30.7 Å². The molecule has 0 aliphatic carbocycles. The standard InChI is InChI=1S/C10H9F3N2.Li.H/c11-10(12,13)9-6-8(14-15-9)7-4-2-1-3-5-7;;/h1-5,8,14H,6H2;;. The van der Waals surface area contributed by atoms with Gasteiger partial charge in [-0.1, -0.05) is 30.3 Å². The van der Waals surface area contributed by atoms with Crippen molar-refractivity contribution in [1.29, 1.82) is 0 Å². The summed E-state index contributed by atoms with van der Waals surface area (Å²) in [4.78, 5) is 0. The van der Waals surface area contributed by atoms with Gasteiger partial charge in [0.25, 0.3) is 0 Å². The second-order valence-corrected chi connectivity index (χ2v) is 3.35. The normalized spacial score (nSPS) is 19.7. The molecule has 0 amide bonds. The molecule has 0 fully saturated rings. The van der Waals surface area contributed by atoms with Gasteiger partial charge >= 0.3 is 25.0 Å². The third kappa shape index (κ3) is 2.81. The van der Waals surface area contributed by atoms with Crippen molar-refractivity contribution in [3.8, 4) is 0 Å². The van der Waals surface area contributed by atoms with Crippen LogP contribution in [0.1, 0.15) is 18.0 Å². The van der Waals surface area contributed by atoms with Crippen LogP contribution in [0.2, 0.25) is 0 Å². The Morgan fingerprint density at radius 3 is 2.31 bits per heavy atom. The Morgan fingerprint density at radius 2 is 1.81 bits per heavy atom. The van der Waals surface area contributed by atoms with Crippen LogP contribution in [0.5, 0.6) is 0 Å². The van der Waals surface area contributed by atoms with E-state index in [1.807, 2.05) is 6.07 Å². The first kappa shape index (κ1) is 13.1. The molecule has 16 heavy (non-hydrogen) atoms. The van der Waals surface area contributed by atoms with E-state index in [1.165, 1.54) is 0 Å². The summed E-state index contributed by atoms with van der Waals surface area (Å²) < 4.78 is 36.8. The summed E-state index contributed by atoms with van der Waals surface area (Å²) >= 11 is 0. The molecule has 0 radical (unpaired) electrons. The molecular formula is C10H10F3LiN2. The van der Waals surface area contributed by atoms with Gasteiger partial charge in [0.2, 0.25) is 0 Å². The Kier molecular flexibility index (Phi) is 4.06.